The third kappa shape index (κ3) is 5.00. The molecule has 1 unspecified atom stereocenters. The van der Waals surface area contributed by atoms with E-state index in [0.29, 0.717) is 28.0 Å². The Morgan fingerprint density at radius 3 is 2.25 bits per heavy atom. The second-order valence-corrected chi connectivity index (χ2v) is 8.39. The largest absolute Gasteiger partial charge is 0.416 e. The quantitative estimate of drug-likeness (QED) is 0.297. The van der Waals surface area contributed by atoms with E-state index in [1.54, 1.807) is 12.1 Å². The zero-order valence-electron chi connectivity index (χ0n) is 17.1. The molecule has 0 amide bonds. The van der Waals surface area contributed by atoms with Crippen LogP contribution in [-0.2, 0) is 6.18 Å². The molecule has 4 rings (SSSR count). The molecule has 8 heteroatoms. The predicted octanol–water partition coefficient (Wildman–Crippen LogP) is 7.21. The lowest BCUT2D eigenvalue weighted by molar-refractivity contribution is -0.137. The van der Waals surface area contributed by atoms with E-state index in [0.717, 1.165) is 23.4 Å². The van der Waals surface area contributed by atoms with Gasteiger partial charge in [-0.2, -0.15) is 18.3 Å². The molecule has 0 bridgehead atoms. The van der Waals surface area contributed by atoms with Gasteiger partial charge in [0.05, 0.1) is 23.5 Å². The Kier molecular flexibility index (Phi) is 6.58. The van der Waals surface area contributed by atoms with E-state index in [1.165, 1.54) is 23.9 Å². The van der Waals surface area contributed by atoms with Gasteiger partial charge in [0.1, 0.15) is 0 Å². The van der Waals surface area contributed by atoms with E-state index >= 15 is 0 Å². The first-order chi connectivity index (χ1) is 15.3. The average molecular weight is 474 g/mol. The van der Waals surface area contributed by atoms with Crippen LogP contribution in [0, 0.1) is 0 Å². The van der Waals surface area contributed by atoms with Crippen molar-refractivity contribution in [1.29, 1.82) is 0 Å². The fourth-order valence-electron chi connectivity index (χ4n) is 3.49. The average Bonchev–Trinajstić information content (AvgIpc) is 3.24. The summed E-state index contributed by atoms with van der Waals surface area (Å²) in [5.74, 6) is -0.101. The molecular formula is C24H19ClF3N3S. The highest BCUT2D eigenvalue weighted by Gasteiger charge is 2.33. The topological polar surface area (TPSA) is 28.0 Å². The minimum Gasteiger partial charge on any atom is -0.241 e. The number of hydrogen-bond donors (Lipinski definition) is 0. The van der Waals surface area contributed by atoms with Crippen molar-refractivity contribution in [2.24, 2.45) is 10.1 Å². The molecule has 164 valence electrons. The molecule has 0 fully saturated rings. The molecule has 3 aromatic carbocycles. The monoisotopic (exact) mass is 473 g/mol. The van der Waals surface area contributed by atoms with Crippen molar-refractivity contribution in [3.63, 3.8) is 0 Å². The number of nitrogens with zero attached hydrogens (tertiary/aromatic N) is 3. The maximum Gasteiger partial charge on any atom is 0.416 e. The number of benzene rings is 3. The van der Waals surface area contributed by atoms with Crippen LogP contribution in [0.3, 0.4) is 0 Å². The van der Waals surface area contributed by atoms with Crippen molar-refractivity contribution in [1.82, 2.24) is 5.01 Å². The number of alkyl halides is 3. The van der Waals surface area contributed by atoms with Crippen LogP contribution in [0.4, 0.5) is 18.9 Å². The predicted molar refractivity (Wildman–Crippen MR) is 126 cm³/mol. The molecule has 32 heavy (non-hydrogen) atoms. The van der Waals surface area contributed by atoms with Gasteiger partial charge >= 0.3 is 6.18 Å². The van der Waals surface area contributed by atoms with Crippen molar-refractivity contribution >= 4 is 39.9 Å². The van der Waals surface area contributed by atoms with Crippen LogP contribution in [0.5, 0.6) is 0 Å². The molecule has 1 aliphatic heterocycles. The summed E-state index contributed by atoms with van der Waals surface area (Å²) >= 11 is 7.42. The van der Waals surface area contributed by atoms with Crippen LogP contribution in [0.1, 0.15) is 22.6 Å². The number of hydrogen-bond acceptors (Lipinski definition) is 3. The Hall–Kier alpha value is -2.77. The van der Waals surface area contributed by atoms with Crippen molar-refractivity contribution in [2.75, 3.05) is 12.8 Å². The van der Waals surface area contributed by atoms with Gasteiger partial charge in [-0.05, 0) is 53.8 Å². The van der Waals surface area contributed by atoms with Crippen molar-refractivity contribution in [3.05, 3.63) is 101 Å². The standard InChI is InChI=1S/C24H19ClF3N3S/c1-32-23(29-20-13-11-19(25)12-14-20)31-15-21(16-5-3-2-4-6-16)22(30-31)17-7-9-18(10-8-17)24(26,27)28/h2-14,21H,15H2,1H3. The second-order valence-electron chi connectivity index (χ2n) is 7.18. The Morgan fingerprint density at radius 1 is 1.00 bits per heavy atom. The summed E-state index contributed by atoms with van der Waals surface area (Å²) in [6.07, 6.45) is -2.46. The van der Waals surface area contributed by atoms with E-state index in [2.05, 4.69) is 0 Å². The molecule has 0 radical (unpaired) electrons. The minimum absolute atomic E-state index is 0.101. The van der Waals surface area contributed by atoms with Crippen LogP contribution in [-0.4, -0.2) is 28.7 Å². The van der Waals surface area contributed by atoms with E-state index in [1.807, 2.05) is 53.7 Å². The number of halogens is 4. The summed E-state index contributed by atoms with van der Waals surface area (Å²) in [6, 6.07) is 22.2. The first kappa shape index (κ1) is 22.4. The SMILES string of the molecule is CSC(=Nc1ccc(Cl)cc1)N1CC(c2ccccc2)C(c2ccc(C(F)(F)F)cc2)=N1. The van der Waals surface area contributed by atoms with Gasteiger partial charge in [0.25, 0.3) is 0 Å². The van der Waals surface area contributed by atoms with E-state index in [9.17, 15) is 13.2 Å². The summed E-state index contributed by atoms with van der Waals surface area (Å²) in [5.41, 5.74) is 2.47. The van der Waals surface area contributed by atoms with Gasteiger partial charge in [-0.3, -0.25) is 0 Å². The van der Waals surface area contributed by atoms with Crippen LogP contribution in [0.2, 0.25) is 5.02 Å². The fourth-order valence-corrected chi connectivity index (χ4v) is 4.14. The Bertz CT molecular complexity index is 1130. The lowest BCUT2D eigenvalue weighted by Gasteiger charge is -2.17. The molecule has 0 spiro atoms. The maximum atomic E-state index is 13.0. The van der Waals surface area contributed by atoms with E-state index < -0.39 is 11.7 Å². The summed E-state index contributed by atoms with van der Waals surface area (Å²) in [4.78, 5) is 4.69. The van der Waals surface area contributed by atoms with Gasteiger partial charge in [0, 0.05) is 10.9 Å². The van der Waals surface area contributed by atoms with E-state index in [-0.39, 0.29) is 5.92 Å². The fraction of sp³-hybridized carbons (Fsp3) is 0.167. The molecule has 3 nitrogen and oxygen atoms in total. The highest BCUT2D eigenvalue weighted by Crippen LogP contribution is 2.33. The first-order valence-corrected chi connectivity index (χ1v) is 11.4. The number of amidine groups is 1. The minimum atomic E-state index is -4.38. The van der Waals surface area contributed by atoms with Gasteiger partial charge in [0.2, 0.25) is 0 Å². The zero-order chi connectivity index (χ0) is 22.7. The molecule has 1 aliphatic rings. The number of rotatable bonds is 3. The molecule has 0 aromatic heterocycles. The van der Waals surface area contributed by atoms with Gasteiger partial charge in [-0.15, -0.1) is 0 Å². The van der Waals surface area contributed by atoms with Gasteiger partial charge in [-0.25, -0.2) is 10.0 Å². The third-order valence-electron chi connectivity index (χ3n) is 5.08. The summed E-state index contributed by atoms with van der Waals surface area (Å²) < 4.78 is 39.1. The molecule has 1 heterocycles. The Morgan fingerprint density at radius 2 is 1.66 bits per heavy atom. The zero-order valence-corrected chi connectivity index (χ0v) is 18.6. The molecule has 0 N–H and O–H groups in total. The first-order valence-electron chi connectivity index (χ1n) is 9.82. The van der Waals surface area contributed by atoms with Crippen LogP contribution in [0.15, 0.2) is 89.0 Å². The van der Waals surface area contributed by atoms with Crippen molar-refractivity contribution < 1.29 is 13.2 Å². The Labute approximate surface area is 193 Å². The summed E-state index contributed by atoms with van der Waals surface area (Å²) in [5, 5.41) is 7.91. The molecule has 0 aliphatic carbocycles. The van der Waals surface area contributed by atoms with Crippen LogP contribution >= 0.6 is 23.4 Å². The highest BCUT2D eigenvalue weighted by atomic mass is 35.5. The second kappa shape index (κ2) is 9.38. The van der Waals surface area contributed by atoms with Crippen molar-refractivity contribution in [2.45, 2.75) is 12.1 Å². The normalized spacial score (nSPS) is 16.9. The van der Waals surface area contributed by atoms with Crippen LogP contribution in [0.25, 0.3) is 0 Å². The summed E-state index contributed by atoms with van der Waals surface area (Å²) in [6.45, 7) is 0.535. The van der Waals surface area contributed by atoms with E-state index in [4.69, 9.17) is 21.7 Å². The number of thioether (sulfide) groups is 1. The number of hydrazone groups is 1. The van der Waals surface area contributed by atoms with Crippen LogP contribution < -0.4 is 0 Å². The highest BCUT2D eigenvalue weighted by molar-refractivity contribution is 8.13. The van der Waals surface area contributed by atoms with Gasteiger partial charge in [-0.1, -0.05) is 65.8 Å². The lowest BCUT2D eigenvalue weighted by atomic mass is 9.90. The Balaban J connectivity index is 1.72. The third-order valence-corrected chi connectivity index (χ3v) is 6.00. The maximum absolute atomic E-state index is 13.0. The van der Waals surface area contributed by atoms with Crippen molar-refractivity contribution in [3.8, 4) is 0 Å². The number of aliphatic imine (C=N–C) groups is 1. The lowest BCUT2D eigenvalue weighted by Crippen LogP contribution is -2.23. The molecule has 3 aromatic rings. The summed E-state index contributed by atoms with van der Waals surface area (Å²) in [7, 11) is 0. The van der Waals surface area contributed by atoms with Gasteiger partial charge < -0.3 is 0 Å². The molecule has 0 saturated carbocycles. The molecule has 0 saturated heterocycles. The molecule has 1 atom stereocenters. The molecular weight excluding hydrogens is 455 g/mol. The smallest absolute Gasteiger partial charge is 0.241 e. The van der Waals surface area contributed by atoms with Gasteiger partial charge in [0.15, 0.2) is 5.17 Å².